The second-order valence-electron chi connectivity index (χ2n) is 6.89. The van der Waals surface area contributed by atoms with E-state index in [0.29, 0.717) is 0 Å². The molecule has 2 fully saturated rings. The van der Waals surface area contributed by atoms with Gasteiger partial charge >= 0.3 is 0 Å². The highest BCUT2D eigenvalue weighted by molar-refractivity contribution is 5.58. The van der Waals surface area contributed by atoms with E-state index in [0.717, 1.165) is 24.4 Å². The molecule has 20 heavy (non-hydrogen) atoms. The Labute approximate surface area is 121 Å². The maximum absolute atomic E-state index is 3.55. The van der Waals surface area contributed by atoms with Crippen molar-refractivity contribution < 1.29 is 0 Å². The van der Waals surface area contributed by atoms with Crippen molar-refractivity contribution >= 4 is 5.69 Å². The minimum Gasteiger partial charge on any atom is -0.374 e. The fourth-order valence-electron chi connectivity index (χ4n) is 4.42. The van der Waals surface area contributed by atoms with E-state index in [-0.39, 0.29) is 0 Å². The number of benzene rings is 1. The van der Waals surface area contributed by atoms with Crippen molar-refractivity contribution in [1.29, 1.82) is 0 Å². The Bertz CT molecular complexity index is 513. The smallest absolute Gasteiger partial charge is 0.0397 e. The molecule has 3 unspecified atom stereocenters. The van der Waals surface area contributed by atoms with E-state index in [1.54, 1.807) is 5.56 Å². The summed E-state index contributed by atoms with van der Waals surface area (Å²) in [4.78, 5) is 5.06. The van der Waals surface area contributed by atoms with Crippen LogP contribution in [0.2, 0.25) is 0 Å². The maximum Gasteiger partial charge on any atom is 0.0397 e. The molecule has 0 saturated carbocycles. The monoisotopic (exact) mass is 271 g/mol. The number of nitrogens with zero attached hydrogens (tertiary/aromatic N) is 2. The number of anilines is 1. The van der Waals surface area contributed by atoms with Gasteiger partial charge in [0.15, 0.2) is 0 Å². The zero-order valence-corrected chi connectivity index (χ0v) is 12.6. The molecule has 2 saturated heterocycles. The number of hydrogen-bond donors (Lipinski definition) is 1. The third kappa shape index (κ3) is 1.95. The summed E-state index contributed by atoms with van der Waals surface area (Å²) in [6, 6.07) is 7.82. The zero-order chi connectivity index (χ0) is 13.7. The molecule has 1 aromatic carbocycles. The standard InChI is InChI=1S/C17H25N3/c1-12-16-9-18-8-15(16)11-20(12)10-13-3-4-17-14(7-13)5-6-19(17)2/h3-4,7,12,15-16,18H,5-6,8-11H2,1-2H3. The molecule has 0 spiro atoms. The quantitative estimate of drug-likeness (QED) is 0.883. The third-order valence-corrected chi connectivity index (χ3v) is 5.71. The Kier molecular flexibility index (Phi) is 3.00. The fourth-order valence-corrected chi connectivity index (χ4v) is 4.42. The van der Waals surface area contributed by atoms with Crippen LogP contribution in [0.5, 0.6) is 0 Å². The molecule has 108 valence electrons. The van der Waals surface area contributed by atoms with Crippen molar-refractivity contribution in [3.63, 3.8) is 0 Å². The largest absolute Gasteiger partial charge is 0.374 e. The van der Waals surface area contributed by atoms with Gasteiger partial charge in [0.2, 0.25) is 0 Å². The van der Waals surface area contributed by atoms with E-state index in [2.05, 4.69) is 47.3 Å². The van der Waals surface area contributed by atoms with Gasteiger partial charge in [-0.05, 0) is 55.5 Å². The summed E-state index contributed by atoms with van der Waals surface area (Å²) in [6.07, 6.45) is 1.21. The molecule has 3 atom stereocenters. The van der Waals surface area contributed by atoms with Crippen LogP contribution >= 0.6 is 0 Å². The first-order valence-corrected chi connectivity index (χ1v) is 8.00. The van der Waals surface area contributed by atoms with E-state index < -0.39 is 0 Å². The van der Waals surface area contributed by atoms with Gasteiger partial charge in [-0.25, -0.2) is 0 Å². The number of likely N-dealkylation sites (tertiary alicyclic amines) is 1. The van der Waals surface area contributed by atoms with Gasteiger partial charge in [-0.3, -0.25) is 4.90 Å². The fraction of sp³-hybridized carbons (Fsp3) is 0.647. The van der Waals surface area contributed by atoms with Crippen molar-refractivity contribution in [3.05, 3.63) is 29.3 Å². The van der Waals surface area contributed by atoms with Gasteiger partial charge in [-0.15, -0.1) is 0 Å². The highest BCUT2D eigenvalue weighted by Crippen LogP contribution is 2.34. The maximum atomic E-state index is 3.55. The highest BCUT2D eigenvalue weighted by atomic mass is 15.2. The van der Waals surface area contributed by atoms with E-state index in [1.165, 1.54) is 43.9 Å². The van der Waals surface area contributed by atoms with Gasteiger partial charge in [-0.2, -0.15) is 0 Å². The Morgan fingerprint density at radius 3 is 3.05 bits per heavy atom. The molecule has 0 amide bonds. The molecule has 0 radical (unpaired) electrons. The zero-order valence-electron chi connectivity index (χ0n) is 12.6. The summed E-state index contributed by atoms with van der Waals surface area (Å²) in [5, 5.41) is 3.55. The van der Waals surface area contributed by atoms with Crippen molar-refractivity contribution in [1.82, 2.24) is 10.2 Å². The number of nitrogens with one attached hydrogen (secondary N) is 1. The molecule has 1 aromatic rings. The van der Waals surface area contributed by atoms with Crippen molar-refractivity contribution in [2.24, 2.45) is 11.8 Å². The molecule has 3 aliphatic heterocycles. The predicted molar refractivity (Wildman–Crippen MR) is 83.1 cm³/mol. The average molecular weight is 271 g/mol. The van der Waals surface area contributed by atoms with E-state index >= 15 is 0 Å². The number of rotatable bonds is 2. The lowest BCUT2D eigenvalue weighted by atomic mass is 9.95. The summed E-state index contributed by atoms with van der Waals surface area (Å²) < 4.78 is 0. The number of likely N-dealkylation sites (N-methyl/N-ethyl adjacent to an activating group) is 1. The first kappa shape index (κ1) is 12.7. The van der Waals surface area contributed by atoms with Gasteiger partial charge in [0, 0.05) is 38.4 Å². The highest BCUT2D eigenvalue weighted by Gasteiger charge is 2.41. The minimum absolute atomic E-state index is 0.728. The molecular formula is C17H25N3. The van der Waals surface area contributed by atoms with E-state index in [9.17, 15) is 0 Å². The molecule has 3 heterocycles. The molecule has 0 aromatic heterocycles. The lowest BCUT2D eigenvalue weighted by molar-refractivity contribution is 0.231. The van der Waals surface area contributed by atoms with Gasteiger partial charge in [0.25, 0.3) is 0 Å². The molecule has 4 rings (SSSR count). The van der Waals surface area contributed by atoms with Crippen LogP contribution in [0, 0.1) is 11.8 Å². The molecule has 1 N–H and O–H groups in total. The SMILES string of the molecule is CC1C2CNCC2CN1Cc1ccc2c(c1)CCN2C. The lowest BCUT2D eigenvalue weighted by Gasteiger charge is -2.24. The van der Waals surface area contributed by atoms with Gasteiger partial charge < -0.3 is 10.2 Å². The molecule has 3 heteroatoms. The normalized spacial score (nSPS) is 32.7. The molecule has 0 bridgehead atoms. The van der Waals surface area contributed by atoms with Gasteiger partial charge in [-0.1, -0.05) is 12.1 Å². The first-order valence-electron chi connectivity index (χ1n) is 8.00. The van der Waals surface area contributed by atoms with Crippen LogP contribution in [0.3, 0.4) is 0 Å². The summed E-state index contributed by atoms with van der Waals surface area (Å²) >= 11 is 0. The molecule has 0 aliphatic carbocycles. The van der Waals surface area contributed by atoms with Crippen LogP contribution in [-0.2, 0) is 13.0 Å². The van der Waals surface area contributed by atoms with Crippen LogP contribution in [0.25, 0.3) is 0 Å². The summed E-state index contributed by atoms with van der Waals surface area (Å²) in [6.45, 7) is 8.44. The van der Waals surface area contributed by atoms with Crippen LogP contribution in [-0.4, -0.2) is 44.2 Å². The Morgan fingerprint density at radius 1 is 1.30 bits per heavy atom. The molecule has 3 nitrogen and oxygen atoms in total. The number of fused-ring (bicyclic) bond motifs is 2. The van der Waals surface area contributed by atoms with Crippen molar-refractivity contribution in [2.45, 2.75) is 25.9 Å². The molecular weight excluding hydrogens is 246 g/mol. The van der Waals surface area contributed by atoms with Crippen LogP contribution < -0.4 is 10.2 Å². The Morgan fingerprint density at radius 2 is 2.20 bits per heavy atom. The van der Waals surface area contributed by atoms with Gasteiger partial charge in [0.1, 0.15) is 0 Å². The van der Waals surface area contributed by atoms with Gasteiger partial charge in [0.05, 0.1) is 0 Å². The van der Waals surface area contributed by atoms with E-state index in [4.69, 9.17) is 0 Å². The van der Waals surface area contributed by atoms with E-state index in [1.807, 2.05) is 0 Å². The summed E-state index contributed by atoms with van der Waals surface area (Å²) in [5.41, 5.74) is 4.47. The third-order valence-electron chi connectivity index (χ3n) is 5.71. The predicted octanol–water partition coefficient (Wildman–Crippen LogP) is 1.72. The second kappa shape index (κ2) is 4.74. The van der Waals surface area contributed by atoms with Crippen molar-refractivity contribution in [3.8, 4) is 0 Å². The first-order chi connectivity index (χ1) is 9.72. The Balaban J connectivity index is 1.50. The van der Waals surface area contributed by atoms with Crippen LogP contribution in [0.4, 0.5) is 5.69 Å². The topological polar surface area (TPSA) is 18.5 Å². The average Bonchev–Trinajstić information content (AvgIpc) is 3.10. The van der Waals surface area contributed by atoms with Crippen molar-refractivity contribution in [2.75, 3.05) is 38.1 Å². The number of hydrogen-bond acceptors (Lipinski definition) is 3. The van der Waals surface area contributed by atoms with Crippen LogP contribution in [0.1, 0.15) is 18.1 Å². The summed E-state index contributed by atoms with van der Waals surface area (Å²) in [7, 11) is 2.20. The molecule has 3 aliphatic rings. The summed E-state index contributed by atoms with van der Waals surface area (Å²) in [5.74, 6) is 1.75. The van der Waals surface area contributed by atoms with Crippen LogP contribution in [0.15, 0.2) is 18.2 Å². The second-order valence-corrected chi connectivity index (χ2v) is 6.89. The minimum atomic E-state index is 0.728. The lowest BCUT2D eigenvalue weighted by Crippen LogP contribution is -2.32. The Hall–Kier alpha value is -1.06.